The van der Waals surface area contributed by atoms with Crippen molar-refractivity contribution in [2.75, 3.05) is 19.1 Å². The van der Waals surface area contributed by atoms with Gasteiger partial charge in [0.05, 0.1) is 30.2 Å². The molecule has 196 valence electrons. The van der Waals surface area contributed by atoms with E-state index in [0.29, 0.717) is 39.4 Å². The highest BCUT2D eigenvalue weighted by Crippen LogP contribution is 2.25. The van der Waals surface area contributed by atoms with E-state index in [1.165, 1.54) is 41.3 Å². The summed E-state index contributed by atoms with van der Waals surface area (Å²) in [5, 5.41) is 9.02. The minimum Gasteiger partial charge on any atom is -0.497 e. The zero-order chi connectivity index (χ0) is 27.6. The maximum absolute atomic E-state index is 11.7. The highest BCUT2D eigenvalue weighted by Gasteiger charge is 2.16. The molecule has 0 fully saturated rings. The minimum absolute atomic E-state index is 0.110. The lowest BCUT2D eigenvalue weighted by atomic mass is 10.2. The molecule has 0 N–H and O–H groups in total. The number of halogens is 3. The summed E-state index contributed by atoms with van der Waals surface area (Å²) in [5.74, 6) is 0.569. The Bertz CT molecular complexity index is 1650. The second kappa shape index (κ2) is 11.3. The number of methoxy groups -OCH3 is 1. The number of carbonyl (C=O) groups excluding carboxylic acids is 2. The summed E-state index contributed by atoms with van der Waals surface area (Å²) in [6.07, 6.45) is 2.94. The van der Waals surface area contributed by atoms with Gasteiger partial charge in [-0.25, -0.2) is 19.0 Å². The molecule has 0 saturated heterocycles. The van der Waals surface area contributed by atoms with Crippen molar-refractivity contribution in [3.05, 3.63) is 81.1 Å². The number of imidazole rings is 2. The fraction of sp³-hybridized carbons (Fsp3) is 0.200. The van der Waals surface area contributed by atoms with E-state index >= 15 is 0 Å². The van der Waals surface area contributed by atoms with Gasteiger partial charge in [0.2, 0.25) is 0 Å². The second-order valence-electron chi connectivity index (χ2n) is 8.24. The van der Waals surface area contributed by atoms with Crippen LogP contribution in [-0.4, -0.2) is 54.9 Å². The molecule has 0 unspecified atom stereocenters. The number of hydrogen-bond acceptors (Lipinski definition) is 8. The topological polar surface area (TPSA) is 107 Å². The van der Waals surface area contributed by atoms with Gasteiger partial charge in [-0.3, -0.25) is 9.59 Å². The molecule has 0 atom stereocenters. The van der Waals surface area contributed by atoms with Crippen molar-refractivity contribution < 1.29 is 14.3 Å². The van der Waals surface area contributed by atoms with Gasteiger partial charge in [-0.2, -0.15) is 10.2 Å². The third-order valence-corrected chi connectivity index (χ3v) is 6.17. The highest BCUT2D eigenvalue weighted by atomic mass is 35.5. The molecule has 10 nitrogen and oxygen atoms in total. The SMILES string of the molecule is CC(=O)c1cnc2c(Cl)cc(Cl)nn12.COc1ccc(CN(C)c2cc(Cl)nn3c(C(C)=O)cnc23)cc1. The summed E-state index contributed by atoms with van der Waals surface area (Å²) < 4.78 is 8.00. The van der Waals surface area contributed by atoms with Crippen LogP contribution in [0.4, 0.5) is 5.69 Å². The van der Waals surface area contributed by atoms with E-state index in [2.05, 4.69) is 20.2 Å². The smallest absolute Gasteiger partial charge is 0.179 e. The van der Waals surface area contributed by atoms with Gasteiger partial charge in [-0.15, -0.1) is 0 Å². The molecule has 0 amide bonds. The number of ether oxygens (including phenoxy) is 1. The molecule has 0 bridgehead atoms. The molecular weight excluding hydrogens is 553 g/mol. The second-order valence-corrected chi connectivity index (χ2v) is 9.42. The van der Waals surface area contributed by atoms with Gasteiger partial charge in [-0.05, 0) is 23.8 Å². The number of hydrogen-bond donors (Lipinski definition) is 0. The third kappa shape index (κ3) is 5.72. The first kappa shape index (κ1) is 27.3. The molecule has 1 aromatic carbocycles. The van der Waals surface area contributed by atoms with Gasteiger partial charge < -0.3 is 9.64 Å². The van der Waals surface area contributed by atoms with Crippen LogP contribution in [0, 0.1) is 0 Å². The maximum atomic E-state index is 11.7. The summed E-state index contributed by atoms with van der Waals surface area (Å²) in [6.45, 7) is 3.56. The predicted molar refractivity (Wildman–Crippen MR) is 146 cm³/mol. The maximum Gasteiger partial charge on any atom is 0.179 e. The fourth-order valence-electron chi connectivity index (χ4n) is 3.68. The lowest BCUT2D eigenvalue weighted by molar-refractivity contribution is 0.0998. The number of nitrogens with zero attached hydrogens (tertiary/aromatic N) is 7. The summed E-state index contributed by atoms with van der Waals surface area (Å²) in [4.78, 5) is 33.2. The molecule has 0 radical (unpaired) electrons. The number of carbonyl (C=O) groups is 2. The number of anilines is 1. The first-order chi connectivity index (χ1) is 18.1. The van der Waals surface area contributed by atoms with E-state index in [0.717, 1.165) is 17.0 Å². The van der Waals surface area contributed by atoms with Gasteiger partial charge in [0.15, 0.2) is 33.2 Å². The molecule has 0 aliphatic carbocycles. The Hall–Kier alpha value is -3.73. The number of Topliss-reactive ketones (excluding diaryl/α,β-unsaturated/α-hetero) is 2. The summed E-state index contributed by atoms with van der Waals surface area (Å²) in [5.41, 5.74) is 3.72. The van der Waals surface area contributed by atoms with Crippen molar-refractivity contribution >= 4 is 63.4 Å². The Morgan fingerprint density at radius 1 is 0.868 bits per heavy atom. The van der Waals surface area contributed by atoms with Gasteiger partial charge in [-0.1, -0.05) is 46.9 Å². The van der Waals surface area contributed by atoms with E-state index in [4.69, 9.17) is 39.5 Å². The number of fused-ring (bicyclic) bond motifs is 2. The van der Waals surface area contributed by atoms with Crippen molar-refractivity contribution in [3.63, 3.8) is 0 Å². The van der Waals surface area contributed by atoms with Gasteiger partial charge >= 0.3 is 0 Å². The quantitative estimate of drug-likeness (QED) is 0.246. The predicted octanol–water partition coefficient (Wildman–Crippen LogP) is 5.47. The molecule has 38 heavy (non-hydrogen) atoms. The van der Waals surface area contributed by atoms with E-state index in [9.17, 15) is 9.59 Å². The standard InChI is InChI=1S/C17H17ClN4O2.C8H5Cl2N3O/c1-11(23)15-9-19-17-14(8-16(18)20-22(15)17)21(2)10-12-4-6-13(24-3)7-5-12;1-4(14)6-3-11-8-5(9)2-7(10)12-13(6)8/h4-9H,10H2,1-3H3;2-3H,1H3. The van der Waals surface area contributed by atoms with E-state index in [1.807, 2.05) is 36.2 Å². The minimum atomic E-state index is -0.136. The Labute approximate surface area is 232 Å². The van der Waals surface area contributed by atoms with Crippen molar-refractivity contribution in [2.45, 2.75) is 20.4 Å². The Morgan fingerprint density at radius 2 is 1.39 bits per heavy atom. The van der Waals surface area contributed by atoms with Gasteiger partial charge in [0.1, 0.15) is 17.1 Å². The number of benzene rings is 1. The van der Waals surface area contributed by atoms with Gasteiger partial charge in [0, 0.05) is 33.5 Å². The number of ketones is 2. The monoisotopic (exact) mass is 573 g/mol. The van der Waals surface area contributed by atoms with Crippen LogP contribution in [0.2, 0.25) is 15.3 Å². The molecule has 0 spiro atoms. The molecule has 5 rings (SSSR count). The molecule has 4 heterocycles. The molecule has 0 aliphatic rings. The van der Waals surface area contributed by atoms with E-state index in [-0.39, 0.29) is 16.7 Å². The van der Waals surface area contributed by atoms with Crippen LogP contribution in [0.1, 0.15) is 40.4 Å². The zero-order valence-electron chi connectivity index (χ0n) is 20.8. The molecule has 5 aromatic rings. The Kier molecular flexibility index (Phi) is 8.15. The highest BCUT2D eigenvalue weighted by molar-refractivity contribution is 6.36. The fourth-order valence-corrected chi connectivity index (χ4v) is 4.33. The molecule has 4 aromatic heterocycles. The van der Waals surface area contributed by atoms with Crippen molar-refractivity contribution in [2.24, 2.45) is 0 Å². The number of rotatable bonds is 6. The lowest BCUT2D eigenvalue weighted by Crippen LogP contribution is -2.18. The molecule has 0 aliphatic heterocycles. The van der Waals surface area contributed by atoms with Crippen LogP contribution in [0.25, 0.3) is 11.3 Å². The van der Waals surface area contributed by atoms with Crippen molar-refractivity contribution in [1.29, 1.82) is 0 Å². The van der Waals surface area contributed by atoms with E-state index in [1.54, 1.807) is 13.2 Å². The Morgan fingerprint density at radius 3 is 1.95 bits per heavy atom. The van der Waals surface area contributed by atoms with Crippen molar-refractivity contribution in [3.8, 4) is 5.75 Å². The van der Waals surface area contributed by atoms with E-state index < -0.39 is 0 Å². The van der Waals surface area contributed by atoms with Crippen LogP contribution in [0.5, 0.6) is 5.75 Å². The van der Waals surface area contributed by atoms with Crippen molar-refractivity contribution in [1.82, 2.24) is 29.2 Å². The van der Waals surface area contributed by atoms with Crippen LogP contribution in [0.15, 0.2) is 48.8 Å². The summed E-state index contributed by atoms with van der Waals surface area (Å²) in [7, 11) is 3.58. The first-order valence-electron chi connectivity index (χ1n) is 11.2. The van der Waals surface area contributed by atoms with Crippen LogP contribution in [-0.2, 0) is 6.54 Å². The van der Waals surface area contributed by atoms with Crippen LogP contribution >= 0.6 is 34.8 Å². The largest absolute Gasteiger partial charge is 0.497 e. The molecule has 13 heteroatoms. The summed E-state index contributed by atoms with van der Waals surface area (Å²) >= 11 is 17.7. The average molecular weight is 575 g/mol. The third-order valence-electron chi connectivity index (χ3n) is 5.52. The normalized spacial score (nSPS) is 10.8. The number of aromatic nitrogens is 6. The lowest BCUT2D eigenvalue weighted by Gasteiger charge is -2.20. The molecular formula is C25H22Cl3N7O3. The average Bonchev–Trinajstić information content (AvgIpc) is 3.49. The summed E-state index contributed by atoms with van der Waals surface area (Å²) in [6, 6.07) is 11.1. The van der Waals surface area contributed by atoms with Gasteiger partial charge in [0.25, 0.3) is 0 Å². The zero-order valence-corrected chi connectivity index (χ0v) is 23.1. The Balaban J connectivity index is 0.000000204. The molecule has 0 saturated carbocycles. The van der Waals surface area contributed by atoms with Crippen LogP contribution in [0.3, 0.4) is 0 Å². The first-order valence-corrected chi connectivity index (χ1v) is 12.3. The van der Waals surface area contributed by atoms with Crippen LogP contribution < -0.4 is 9.64 Å².